The van der Waals surface area contributed by atoms with Gasteiger partial charge in [-0.25, -0.2) is 18.1 Å². The van der Waals surface area contributed by atoms with Crippen LogP contribution in [0.15, 0.2) is 41.8 Å². The Morgan fingerprint density at radius 1 is 1.38 bits per heavy atom. The van der Waals surface area contributed by atoms with Crippen molar-refractivity contribution in [2.45, 2.75) is 18.0 Å². The molecule has 0 aliphatic carbocycles. The number of sulfonamides is 1. The van der Waals surface area contributed by atoms with Crippen molar-refractivity contribution < 1.29 is 8.42 Å². The van der Waals surface area contributed by atoms with Crippen LogP contribution in [-0.4, -0.2) is 31.6 Å². The van der Waals surface area contributed by atoms with Crippen LogP contribution in [0.25, 0.3) is 0 Å². The SMILES string of the molecule is CNCc1ccc(Cl)c(S(=O)(=O)NCCn2ccnc2)c1. The third-order valence-corrected chi connectivity index (χ3v) is 4.83. The van der Waals surface area contributed by atoms with E-state index in [1.165, 1.54) is 0 Å². The van der Waals surface area contributed by atoms with Crippen molar-refractivity contribution in [3.05, 3.63) is 47.5 Å². The van der Waals surface area contributed by atoms with Crippen LogP contribution in [0.4, 0.5) is 0 Å². The van der Waals surface area contributed by atoms with Gasteiger partial charge in [-0.05, 0) is 24.7 Å². The molecule has 8 heteroatoms. The lowest BCUT2D eigenvalue weighted by Crippen LogP contribution is -2.27. The second-order valence-electron chi connectivity index (χ2n) is 4.49. The minimum atomic E-state index is -3.63. The van der Waals surface area contributed by atoms with Gasteiger partial charge in [-0.3, -0.25) is 0 Å². The first kappa shape index (κ1) is 16.0. The molecule has 0 saturated heterocycles. The summed E-state index contributed by atoms with van der Waals surface area (Å²) < 4.78 is 28.9. The fourth-order valence-electron chi connectivity index (χ4n) is 1.87. The fraction of sp³-hybridized carbons (Fsp3) is 0.308. The van der Waals surface area contributed by atoms with E-state index in [2.05, 4.69) is 15.0 Å². The Hall–Kier alpha value is -1.41. The molecule has 2 rings (SSSR count). The molecule has 0 spiro atoms. The number of nitrogens with one attached hydrogen (secondary N) is 2. The van der Waals surface area contributed by atoms with Gasteiger partial charge in [0, 0.05) is 32.0 Å². The molecule has 1 aromatic heterocycles. The number of hydrogen-bond acceptors (Lipinski definition) is 4. The quantitative estimate of drug-likeness (QED) is 0.801. The van der Waals surface area contributed by atoms with Crippen LogP contribution in [0, 0.1) is 0 Å². The minimum absolute atomic E-state index is 0.0996. The van der Waals surface area contributed by atoms with E-state index in [9.17, 15) is 8.42 Å². The number of benzene rings is 1. The van der Waals surface area contributed by atoms with Crippen molar-refractivity contribution in [1.82, 2.24) is 19.6 Å². The lowest BCUT2D eigenvalue weighted by Gasteiger charge is -2.10. The number of aromatic nitrogens is 2. The Bertz CT molecular complexity index is 686. The number of rotatable bonds is 7. The zero-order valence-corrected chi connectivity index (χ0v) is 13.2. The van der Waals surface area contributed by atoms with Crippen molar-refractivity contribution in [3.8, 4) is 0 Å². The van der Waals surface area contributed by atoms with Crippen molar-refractivity contribution >= 4 is 21.6 Å². The van der Waals surface area contributed by atoms with Crippen LogP contribution in [0.1, 0.15) is 5.56 Å². The van der Waals surface area contributed by atoms with E-state index in [1.807, 2.05) is 0 Å². The number of hydrogen-bond donors (Lipinski definition) is 2. The summed E-state index contributed by atoms with van der Waals surface area (Å²) >= 11 is 6.00. The molecule has 0 aliphatic rings. The summed E-state index contributed by atoms with van der Waals surface area (Å²) in [6.45, 7) is 1.35. The first-order valence-corrected chi connectivity index (χ1v) is 8.27. The zero-order chi connectivity index (χ0) is 15.3. The van der Waals surface area contributed by atoms with E-state index in [0.717, 1.165) is 5.56 Å². The molecule has 0 radical (unpaired) electrons. The number of halogens is 1. The molecule has 0 aliphatic heterocycles. The molecule has 0 saturated carbocycles. The molecule has 114 valence electrons. The Labute approximate surface area is 129 Å². The summed E-state index contributed by atoms with van der Waals surface area (Å²) in [4.78, 5) is 4.00. The predicted molar refractivity (Wildman–Crippen MR) is 81.6 cm³/mol. The van der Waals surface area contributed by atoms with Crippen LogP contribution < -0.4 is 10.0 Å². The molecule has 0 atom stereocenters. The molecule has 0 amide bonds. The van der Waals surface area contributed by atoms with Gasteiger partial charge in [0.2, 0.25) is 10.0 Å². The van der Waals surface area contributed by atoms with Gasteiger partial charge in [0.05, 0.1) is 11.3 Å². The molecule has 0 fully saturated rings. The van der Waals surface area contributed by atoms with Gasteiger partial charge >= 0.3 is 0 Å². The highest BCUT2D eigenvalue weighted by Crippen LogP contribution is 2.22. The van der Waals surface area contributed by atoms with E-state index in [1.54, 1.807) is 48.5 Å². The highest BCUT2D eigenvalue weighted by atomic mass is 35.5. The van der Waals surface area contributed by atoms with Crippen LogP contribution in [0.2, 0.25) is 5.02 Å². The zero-order valence-electron chi connectivity index (χ0n) is 11.6. The predicted octanol–water partition coefficient (Wildman–Crippen LogP) is 1.23. The summed E-state index contributed by atoms with van der Waals surface area (Å²) in [5.41, 5.74) is 0.858. The average molecular weight is 329 g/mol. The summed E-state index contributed by atoms with van der Waals surface area (Å²) in [5.74, 6) is 0. The van der Waals surface area contributed by atoms with Crippen molar-refractivity contribution in [3.63, 3.8) is 0 Å². The van der Waals surface area contributed by atoms with Crippen LogP contribution >= 0.6 is 11.6 Å². The molecular weight excluding hydrogens is 312 g/mol. The van der Waals surface area contributed by atoms with E-state index < -0.39 is 10.0 Å². The maximum Gasteiger partial charge on any atom is 0.242 e. The maximum absolute atomic E-state index is 12.3. The minimum Gasteiger partial charge on any atom is -0.336 e. The third kappa shape index (κ3) is 4.28. The van der Waals surface area contributed by atoms with Gasteiger partial charge in [-0.2, -0.15) is 0 Å². The lowest BCUT2D eigenvalue weighted by atomic mass is 10.2. The third-order valence-electron chi connectivity index (χ3n) is 2.89. The van der Waals surface area contributed by atoms with E-state index in [-0.39, 0.29) is 16.5 Å². The van der Waals surface area contributed by atoms with Gasteiger partial charge < -0.3 is 9.88 Å². The smallest absolute Gasteiger partial charge is 0.242 e. The standard InChI is InChI=1S/C13H17ClN4O2S/c1-15-9-11-2-3-12(14)13(8-11)21(19,20)17-5-7-18-6-4-16-10-18/h2-4,6,8,10,15,17H,5,7,9H2,1H3. The van der Waals surface area contributed by atoms with Crippen molar-refractivity contribution in [2.75, 3.05) is 13.6 Å². The summed E-state index contributed by atoms with van der Waals surface area (Å²) in [5, 5.41) is 3.19. The highest BCUT2D eigenvalue weighted by molar-refractivity contribution is 7.89. The van der Waals surface area contributed by atoms with Crippen LogP contribution in [0.3, 0.4) is 0 Å². The Balaban J connectivity index is 2.09. The number of nitrogens with zero attached hydrogens (tertiary/aromatic N) is 2. The van der Waals surface area contributed by atoms with Gasteiger partial charge in [-0.1, -0.05) is 17.7 Å². The normalized spacial score (nSPS) is 11.7. The van der Waals surface area contributed by atoms with Gasteiger partial charge in [-0.15, -0.1) is 0 Å². The van der Waals surface area contributed by atoms with Gasteiger partial charge in [0.1, 0.15) is 4.90 Å². The van der Waals surface area contributed by atoms with Gasteiger partial charge in [0.15, 0.2) is 0 Å². The van der Waals surface area contributed by atoms with E-state index >= 15 is 0 Å². The largest absolute Gasteiger partial charge is 0.336 e. The molecule has 1 heterocycles. The maximum atomic E-state index is 12.3. The van der Waals surface area contributed by atoms with Crippen molar-refractivity contribution in [2.24, 2.45) is 0 Å². The monoisotopic (exact) mass is 328 g/mol. The molecule has 6 nitrogen and oxygen atoms in total. The first-order chi connectivity index (χ1) is 10.0. The molecular formula is C13H17ClN4O2S. The Morgan fingerprint density at radius 2 is 2.19 bits per heavy atom. The summed E-state index contributed by atoms with van der Waals surface area (Å²) in [6, 6.07) is 4.97. The van der Waals surface area contributed by atoms with Crippen molar-refractivity contribution in [1.29, 1.82) is 0 Å². The number of imidazole rings is 1. The first-order valence-electron chi connectivity index (χ1n) is 6.41. The Kier molecular flexibility index (Phi) is 5.35. The summed E-state index contributed by atoms with van der Waals surface area (Å²) in [7, 11) is -1.83. The molecule has 1 aromatic carbocycles. The molecule has 2 aromatic rings. The highest BCUT2D eigenvalue weighted by Gasteiger charge is 2.17. The molecule has 0 bridgehead atoms. The van der Waals surface area contributed by atoms with Gasteiger partial charge in [0.25, 0.3) is 0 Å². The Morgan fingerprint density at radius 3 is 2.86 bits per heavy atom. The van der Waals surface area contributed by atoms with E-state index in [4.69, 9.17) is 11.6 Å². The van der Waals surface area contributed by atoms with Crippen LogP contribution in [-0.2, 0) is 23.1 Å². The second kappa shape index (κ2) is 7.04. The lowest BCUT2D eigenvalue weighted by molar-refractivity contribution is 0.572. The second-order valence-corrected chi connectivity index (χ2v) is 6.64. The molecule has 2 N–H and O–H groups in total. The average Bonchev–Trinajstić information content (AvgIpc) is 2.94. The van der Waals surface area contributed by atoms with E-state index in [0.29, 0.717) is 13.1 Å². The molecule has 21 heavy (non-hydrogen) atoms. The fourth-order valence-corrected chi connectivity index (χ4v) is 3.44. The van der Waals surface area contributed by atoms with Crippen LogP contribution in [0.5, 0.6) is 0 Å². The molecule has 0 unspecified atom stereocenters. The summed E-state index contributed by atoms with van der Waals surface area (Å²) in [6.07, 6.45) is 5.05. The topological polar surface area (TPSA) is 76.0 Å².